The van der Waals surface area contributed by atoms with Gasteiger partial charge in [0.05, 0.1) is 17.8 Å². The van der Waals surface area contributed by atoms with Crippen LogP contribution < -0.4 is 15.4 Å². The first-order chi connectivity index (χ1) is 14.6. The molecule has 1 saturated carbocycles. The van der Waals surface area contributed by atoms with Crippen molar-refractivity contribution in [1.29, 1.82) is 0 Å². The monoisotopic (exact) mass is 403 g/mol. The predicted molar refractivity (Wildman–Crippen MR) is 122 cm³/mol. The number of pyridine rings is 1. The first-order valence-corrected chi connectivity index (χ1v) is 10.8. The van der Waals surface area contributed by atoms with Crippen LogP contribution in [0.5, 0.6) is 5.75 Å². The molecule has 0 aliphatic heterocycles. The fourth-order valence-corrected chi connectivity index (χ4v) is 4.02. The fraction of sp³-hybridized carbons (Fsp3) is 0.360. The normalized spacial score (nSPS) is 14.5. The lowest BCUT2D eigenvalue weighted by atomic mass is 9.96. The maximum Gasteiger partial charge on any atom is 0.319 e. The Morgan fingerprint density at radius 1 is 1.07 bits per heavy atom. The standard InChI is InChI=1S/C25H29N3O2/c1-3-30-24-16-23(18-11-9-17(2)10-12-18)28-22-14-13-20(15-21(22)24)27-25(29)26-19-7-5-4-6-8-19/h9-16,19H,3-8H2,1-2H3,(H2,26,27,29). The molecule has 1 fully saturated rings. The summed E-state index contributed by atoms with van der Waals surface area (Å²) in [5, 5.41) is 6.96. The molecule has 2 aromatic carbocycles. The van der Waals surface area contributed by atoms with Crippen molar-refractivity contribution >= 4 is 22.6 Å². The van der Waals surface area contributed by atoms with E-state index in [2.05, 4.69) is 41.8 Å². The second-order valence-electron chi connectivity index (χ2n) is 7.97. The third-order valence-corrected chi connectivity index (χ3v) is 5.62. The molecule has 4 rings (SSSR count). The second kappa shape index (κ2) is 9.16. The van der Waals surface area contributed by atoms with Gasteiger partial charge < -0.3 is 15.4 Å². The molecular weight excluding hydrogens is 374 g/mol. The Balaban J connectivity index is 1.59. The third-order valence-electron chi connectivity index (χ3n) is 5.62. The van der Waals surface area contributed by atoms with Crippen LogP contribution in [0, 0.1) is 6.92 Å². The highest BCUT2D eigenvalue weighted by Crippen LogP contribution is 2.32. The summed E-state index contributed by atoms with van der Waals surface area (Å²) in [4.78, 5) is 17.2. The van der Waals surface area contributed by atoms with Crippen molar-refractivity contribution in [2.45, 2.75) is 52.0 Å². The molecule has 0 atom stereocenters. The van der Waals surface area contributed by atoms with Crippen molar-refractivity contribution in [2.24, 2.45) is 0 Å². The van der Waals surface area contributed by atoms with Crippen LogP contribution in [0.25, 0.3) is 22.2 Å². The smallest absolute Gasteiger partial charge is 0.319 e. The van der Waals surface area contributed by atoms with Gasteiger partial charge in [0, 0.05) is 28.7 Å². The number of carbonyl (C=O) groups is 1. The van der Waals surface area contributed by atoms with E-state index in [1.165, 1.54) is 24.8 Å². The topological polar surface area (TPSA) is 63.2 Å². The maximum atomic E-state index is 12.4. The highest BCUT2D eigenvalue weighted by molar-refractivity contribution is 5.95. The molecule has 5 nitrogen and oxygen atoms in total. The lowest BCUT2D eigenvalue weighted by Crippen LogP contribution is -2.38. The molecule has 30 heavy (non-hydrogen) atoms. The van der Waals surface area contributed by atoms with Gasteiger partial charge in [0.25, 0.3) is 0 Å². The number of hydrogen-bond donors (Lipinski definition) is 2. The second-order valence-corrected chi connectivity index (χ2v) is 7.97. The molecule has 3 aromatic rings. The number of fused-ring (bicyclic) bond motifs is 1. The number of anilines is 1. The Hall–Kier alpha value is -3.08. The number of benzene rings is 2. The average Bonchev–Trinajstić information content (AvgIpc) is 2.75. The molecule has 1 heterocycles. The van der Waals surface area contributed by atoms with Gasteiger partial charge in [-0.25, -0.2) is 9.78 Å². The van der Waals surface area contributed by atoms with Crippen molar-refractivity contribution in [3.8, 4) is 17.0 Å². The van der Waals surface area contributed by atoms with E-state index in [0.29, 0.717) is 6.61 Å². The maximum absolute atomic E-state index is 12.4. The van der Waals surface area contributed by atoms with Crippen molar-refractivity contribution in [1.82, 2.24) is 10.3 Å². The van der Waals surface area contributed by atoms with Gasteiger partial charge in [0.1, 0.15) is 5.75 Å². The van der Waals surface area contributed by atoms with Crippen LogP contribution in [-0.2, 0) is 0 Å². The molecule has 1 aliphatic rings. The number of carbonyl (C=O) groups excluding carboxylic acids is 1. The summed E-state index contributed by atoms with van der Waals surface area (Å²) in [6.45, 7) is 4.60. The third kappa shape index (κ3) is 4.73. The molecule has 2 amide bonds. The number of nitrogens with one attached hydrogen (secondary N) is 2. The molecule has 156 valence electrons. The summed E-state index contributed by atoms with van der Waals surface area (Å²) in [6.07, 6.45) is 5.76. The van der Waals surface area contributed by atoms with Gasteiger partial charge in [-0.3, -0.25) is 0 Å². The van der Waals surface area contributed by atoms with Crippen molar-refractivity contribution in [3.63, 3.8) is 0 Å². The minimum absolute atomic E-state index is 0.150. The molecule has 0 spiro atoms. The minimum Gasteiger partial charge on any atom is -0.493 e. The summed E-state index contributed by atoms with van der Waals surface area (Å²) in [5.74, 6) is 0.773. The van der Waals surface area contributed by atoms with E-state index >= 15 is 0 Å². The predicted octanol–water partition coefficient (Wildman–Crippen LogP) is 6.06. The van der Waals surface area contributed by atoms with Crippen LogP contribution >= 0.6 is 0 Å². The zero-order valence-electron chi connectivity index (χ0n) is 17.7. The molecule has 0 bridgehead atoms. The molecule has 5 heteroatoms. The van der Waals surface area contributed by atoms with E-state index in [4.69, 9.17) is 9.72 Å². The number of nitrogens with zero attached hydrogens (tertiary/aromatic N) is 1. The van der Waals surface area contributed by atoms with Crippen LogP contribution in [-0.4, -0.2) is 23.7 Å². The van der Waals surface area contributed by atoms with Gasteiger partial charge >= 0.3 is 6.03 Å². The first-order valence-electron chi connectivity index (χ1n) is 10.8. The van der Waals surface area contributed by atoms with Gasteiger partial charge in [-0.1, -0.05) is 49.1 Å². The van der Waals surface area contributed by atoms with Crippen molar-refractivity contribution < 1.29 is 9.53 Å². The SMILES string of the molecule is CCOc1cc(-c2ccc(C)cc2)nc2ccc(NC(=O)NC3CCCCC3)cc12. The Bertz CT molecular complexity index is 1020. The summed E-state index contributed by atoms with van der Waals surface area (Å²) < 4.78 is 5.92. The summed E-state index contributed by atoms with van der Waals surface area (Å²) in [7, 11) is 0. The average molecular weight is 404 g/mol. The molecule has 1 aromatic heterocycles. The van der Waals surface area contributed by atoms with Crippen LogP contribution in [0.4, 0.5) is 10.5 Å². The highest BCUT2D eigenvalue weighted by atomic mass is 16.5. The van der Waals surface area contributed by atoms with Gasteiger partial charge in [-0.15, -0.1) is 0 Å². The van der Waals surface area contributed by atoms with Gasteiger partial charge in [-0.2, -0.15) is 0 Å². The molecule has 0 saturated heterocycles. The van der Waals surface area contributed by atoms with E-state index in [1.54, 1.807) is 0 Å². The Labute approximate surface area is 177 Å². The molecule has 1 aliphatic carbocycles. The number of aromatic nitrogens is 1. The zero-order chi connectivity index (χ0) is 20.9. The number of ether oxygens (including phenoxy) is 1. The van der Waals surface area contributed by atoms with Gasteiger partial charge in [-0.05, 0) is 44.9 Å². The number of amides is 2. The number of hydrogen-bond acceptors (Lipinski definition) is 3. The Kier molecular flexibility index (Phi) is 6.17. The van der Waals surface area contributed by atoms with Crippen molar-refractivity contribution in [3.05, 3.63) is 54.1 Å². The molecular formula is C25H29N3O2. The zero-order valence-corrected chi connectivity index (χ0v) is 17.7. The highest BCUT2D eigenvalue weighted by Gasteiger charge is 2.16. The van der Waals surface area contributed by atoms with E-state index < -0.39 is 0 Å². The van der Waals surface area contributed by atoms with E-state index in [9.17, 15) is 4.79 Å². The lowest BCUT2D eigenvalue weighted by Gasteiger charge is -2.23. The van der Waals surface area contributed by atoms with Crippen molar-refractivity contribution in [2.75, 3.05) is 11.9 Å². The van der Waals surface area contributed by atoms with Crippen LogP contribution in [0.15, 0.2) is 48.5 Å². The van der Waals surface area contributed by atoms with Crippen LogP contribution in [0.3, 0.4) is 0 Å². The lowest BCUT2D eigenvalue weighted by molar-refractivity contribution is 0.244. The van der Waals surface area contributed by atoms with Gasteiger partial charge in [0.15, 0.2) is 0 Å². The Morgan fingerprint density at radius 2 is 1.83 bits per heavy atom. The van der Waals surface area contributed by atoms with Crippen LogP contribution in [0.2, 0.25) is 0 Å². The number of urea groups is 1. The summed E-state index contributed by atoms with van der Waals surface area (Å²) >= 11 is 0. The minimum atomic E-state index is -0.150. The fourth-order valence-electron chi connectivity index (χ4n) is 4.02. The summed E-state index contributed by atoms with van der Waals surface area (Å²) in [6, 6.07) is 16.2. The van der Waals surface area contributed by atoms with Crippen LogP contribution in [0.1, 0.15) is 44.6 Å². The quantitative estimate of drug-likeness (QED) is 0.544. The first kappa shape index (κ1) is 20.2. The van der Waals surface area contributed by atoms with Gasteiger partial charge in [0.2, 0.25) is 0 Å². The Morgan fingerprint density at radius 3 is 2.57 bits per heavy atom. The van der Waals surface area contributed by atoms with E-state index in [1.807, 2.05) is 31.2 Å². The number of rotatable bonds is 5. The molecule has 2 N–H and O–H groups in total. The molecule has 0 radical (unpaired) electrons. The van der Waals surface area contributed by atoms with E-state index in [0.717, 1.165) is 46.4 Å². The summed E-state index contributed by atoms with van der Waals surface area (Å²) in [5.41, 5.74) is 4.72. The van der Waals surface area contributed by atoms with E-state index in [-0.39, 0.29) is 12.1 Å². The number of aryl methyl sites for hydroxylation is 1. The largest absolute Gasteiger partial charge is 0.493 e. The molecule has 0 unspecified atom stereocenters.